The lowest BCUT2D eigenvalue weighted by Crippen LogP contribution is -2.09. The molecule has 1 atom stereocenters. The third-order valence-corrected chi connectivity index (χ3v) is 3.94. The van der Waals surface area contributed by atoms with Gasteiger partial charge in [-0.3, -0.25) is 0 Å². The van der Waals surface area contributed by atoms with Crippen LogP contribution < -0.4 is 5.32 Å². The van der Waals surface area contributed by atoms with E-state index in [4.69, 9.17) is 0 Å². The summed E-state index contributed by atoms with van der Waals surface area (Å²) >= 11 is 0. The number of hydrogen-bond acceptors (Lipinski definition) is 1. The molecule has 1 aromatic rings. The second kappa shape index (κ2) is 5.01. The lowest BCUT2D eigenvalue weighted by atomic mass is 9.93. The highest BCUT2D eigenvalue weighted by Gasteiger charge is 2.14. The van der Waals surface area contributed by atoms with Crippen LogP contribution in [0.4, 0.5) is 0 Å². The molecule has 1 saturated heterocycles. The molecule has 0 amide bonds. The zero-order chi connectivity index (χ0) is 11.5. The molecule has 16 heavy (non-hydrogen) atoms. The molecular weight excluding hydrogens is 194 g/mol. The summed E-state index contributed by atoms with van der Waals surface area (Å²) < 4.78 is 0. The second-order valence-electron chi connectivity index (χ2n) is 5.26. The molecule has 1 fully saturated rings. The molecule has 0 radical (unpaired) electrons. The molecular formula is C15H23N. The molecule has 1 nitrogen and oxygen atoms in total. The van der Waals surface area contributed by atoms with Crippen molar-refractivity contribution in [3.63, 3.8) is 0 Å². The average Bonchev–Trinajstić information content (AvgIpc) is 2.74. The van der Waals surface area contributed by atoms with Crippen LogP contribution in [0.5, 0.6) is 0 Å². The second-order valence-corrected chi connectivity index (χ2v) is 5.26. The Bertz CT molecular complexity index is 362. The lowest BCUT2D eigenvalue weighted by Gasteiger charge is -2.12. The van der Waals surface area contributed by atoms with Crippen molar-refractivity contribution in [1.29, 1.82) is 0 Å². The van der Waals surface area contributed by atoms with Crippen LogP contribution >= 0.6 is 0 Å². The molecule has 1 aliphatic heterocycles. The smallest absolute Gasteiger partial charge is 0.00199 e. The Morgan fingerprint density at radius 2 is 1.88 bits per heavy atom. The van der Waals surface area contributed by atoms with E-state index < -0.39 is 0 Å². The maximum absolute atomic E-state index is 3.44. The maximum Gasteiger partial charge on any atom is -0.00199 e. The third-order valence-electron chi connectivity index (χ3n) is 3.94. The van der Waals surface area contributed by atoms with Crippen LogP contribution in [0.15, 0.2) is 12.1 Å². The van der Waals surface area contributed by atoms with E-state index in [1.165, 1.54) is 49.0 Å². The zero-order valence-electron chi connectivity index (χ0n) is 10.8. The molecule has 0 spiro atoms. The number of aryl methyl sites for hydroxylation is 4. The SMILES string of the molecule is Cc1cc(C)c(CCC2CCNC2)cc1C. The zero-order valence-corrected chi connectivity index (χ0v) is 10.8. The van der Waals surface area contributed by atoms with E-state index in [1.54, 1.807) is 5.56 Å². The molecule has 1 N–H and O–H groups in total. The van der Waals surface area contributed by atoms with E-state index in [0.29, 0.717) is 0 Å². The number of rotatable bonds is 3. The van der Waals surface area contributed by atoms with Gasteiger partial charge in [0.25, 0.3) is 0 Å². The van der Waals surface area contributed by atoms with Crippen LogP contribution in [0.25, 0.3) is 0 Å². The highest BCUT2D eigenvalue weighted by molar-refractivity contribution is 5.36. The highest BCUT2D eigenvalue weighted by atomic mass is 14.9. The predicted octanol–water partition coefficient (Wildman–Crippen LogP) is 3.15. The quantitative estimate of drug-likeness (QED) is 0.820. The van der Waals surface area contributed by atoms with Gasteiger partial charge < -0.3 is 5.32 Å². The molecule has 1 heterocycles. The van der Waals surface area contributed by atoms with Gasteiger partial charge in [-0.1, -0.05) is 12.1 Å². The minimum absolute atomic E-state index is 0.904. The van der Waals surface area contributed by atoms with Crippen molar-refractivity contribution < 1.29 is 0 Å². The van der Waals surface area contributed by atoms with E-state index in [0.717, 1.165) is 5.92 Å². The van der Waals surface area contributed by atoms with Gasteiger partial charge in [-0.05, 0) is 81.3 Å². The van der Waals surface area contributed by atoms with E-state index >= 15 is 0 Å². The fourth-order valence-corrected chi connectivity index (χ4v) is 2.61. The molecule has 0 bridgehead atoms. The Morgan fingerprint density at radius 1 is 1.12 bits per heavy atom. The minimum Gasteiger partial charge on any atom is -0.316 e. The van der Waals surface area contributed by atoms with E-state index in [2.05, 4.69) is 38.2 Å². The summed E-state index contributed by atoms with van der Waals surface area (Å²) in [7, 11) is 0. The summed E-state index contributed by atoms with van der Waals surface area (Å²) in [5, 5.41) is 3.44. The van der Waals surface area contributed by atoms with E-state index in [-0.39, 0.29) is 0 Å². The molecule has 88 valence electrons. The van der Waals surface area contributed by atoms with Gasteiger partial charge in [-0.15, -0.1) is 0 Å². The minimum atomic E-state index is 0.904. The van der Waals surface area contributed by atoms with Crippen LogP contribution in [0, 0.1) is 26.7 Å². The molecule has 0 saturated carbocycles. The first-order chi connectivity index (χ1) is 7.66. The first kappa shape index (κ1) is 11.7. The van der Waals surface area contributed by atoms with Crippen LogP contribution in [-0.2, 0) is 6.42 Å². The largest absolute Gasteiger partial charge is 0.316 e. The molecule has 1 aromatic carbocycles. The van der Waals surface area contributed by atoms with Crippen LogP contribution in [0.1, 0.15) is 35.1 Å². The van der Waals surface area contributed by atoms with Crippen LogP contribution in [0.2, 0.25) is 0 Å². The molecule has 1 heteroatoms. The van der Waals surface area contributed by atoms with Gasteiger partial charge in [-0.2, -0.15) is 0 Å². The highest BCUT2D eigenvalue weighted by Crippen LogP contribution is 2.20. The fraction of sp³-hybridized carbons (Fsp3) is 0.600. The van der Waals surface area contributed by atoms with E-state index in [9.17, 15) is 0 Å². The summed E-state index contributed by atoms with van der Waals surface area (Å²) in [6.07, 6.45) is 3.96. The Labute approximate surface area is 99.3 Å². The standard InChI is InChI=1S/C15H23N/c1-11-8-13(3)15(9-12(11)2)5-4-14-6-7-16-10-14/h8-9,14,16H,4-7,10H2,1-3H3. The summed E-state index contributed by atoms with van der Waals surface area (Å²) in [5.41, 5.74) is 5.87. The Balaban J connectivity index is 2.00. The van der Waals surface area contributed by atoms with Gasteiger partial charge in [0.05, 0.1) is 0 Å². The van der Waals surface area contributed by atoms with Crippen molar-refractivity contribution in [3.05, 3.63) is 34.4 Å². The Kier molecular flexibility index (Phi) is 3.65. The normalized spacial score (nSPS) is 20.3. The molecule has 0 aliphatic carbocycles. The van der Waals surface area contributed by atoms with Gasteiger partial charge >= 0.3 is 0 Å². The van der Waals surface area contributed by atoms with Crippen molar-refractivity contribution in [2.24, 2.45) is 5.92 Å². The summed E-state index contributed by atoms with van der Waals surface area (Å²) in [6.45, 7) is 9.11. The molecule has 0 aromatic heterocycles. The Morgan fingerprint density at radius 3 is 2.56 bits per heavy atom. The lowest BCUT2D eigenvalue weighted by molar-refractivity contribution is 0.532. The van der Waals surface area contributed by atoms with Gasteiger partial charge in [0.15, 0.2) is 0 Å². The maximum atomic E-state index is 3.44. The summed E-state index contributed by atoms with van der Waals surface area (Å²) in [5.74, 6) is 0.904. The number of benzene rings is 1. The molecule has 1 aliphatic rings. The number of nitrogens with one attached hydrogen (secondary N) is 1. The van der Waals surface area contributed by atoms with Crippen molar-refractivity contribution in [1.82, 2.24) is 5.32 Å². The summed E-state index contributed by atoms with van der Waals surface area (Å²) in [4.78, 5) is 0. The summed E-state index contributed by atoms with van der Waals surface area (Å²) in [6, 6.07) is 4.71. The Hall–Kier alpha value is -0.820. The molecule has 2 rings (SSSR count). The van der Waals surface area contributed by atoms with Crippen molar-refractivity contribution in [3.8, 4) is 0 Å². The van der Waals surface area contributed by atoms with Gasteiger partial charge in [0.1, 0.15) is 0 Å². The molecule has 1 unspecified atom stereocenters. The van der Waals surface area contributed by atoms with Gasteiger partial charge in [0, 0.05) is 0 Å². The van der Waals surface area contributed by atoms with Crippen molar-refractivity contribution >= 4 is 0 Å². The van der Waals surface area contributed by atoms with Crippen LogP contribution in [0.3, 0.4) is 0 Å². The third kappa shape index (κ3) is 2.65. The first-order valence-electron chi connectivity index (χ1n) is 6.44. The van der Waals surface area contributed by atoms with E-state index in [1.807, 2.05) is 0 Å². The fourth-order valence-electron chi connectivity index (χ4n) is 2.61. The monoisotopic (exact) mass is 217 g/mol. The topological polar surface area (TPSA) is 12.0 Å². The predicted molar refractivity (Wildman–Crippen MR) is 70.0 cm³/mol. The number of hydrogen-bond donors (Lipinski definition) is 1. The van der Waals surface area contributed by atoms with Crippen LogP contribution in [-0.4, -0.2) is 13.1 Å². The van der Waals surface area contributed by atoms with Gasteiger partial charge in [0.2, 0.25) is 0 Å². The van der Waals surface area contributed by atoms with Gasteiger partial charge in [-0.25, -0.2) is 0 Å². The average molecular weight is 217 g/mol. The first-order valence-corrected chi connectivity index (χ1v) is 6.44. The van der Waals surface area contributed by atoms with Crippen molar-refractivity contribution in [2.75, 3.05) is 13.1 Å². The van der Waals surface area contributed by atoms with Crippen molar-refractivity contribution in [2.45, 2.75) is 40.0 Å².